The molecule has 1 aromatic carbocycles. The summed E-state index contributed by atoms with van der Waals surface area (Å²) in [4.78, 5) is 19.3. The van der Waals surface area contributed by atoms with Crippen LogP contribution in [-0.2, 0) is 4.79 Å². The standard InChI is InChI=1S/C18H22ClN3O3S/c1-13-9-20-17(26-13)21-16(23)10-22-7-3-6-18(24,11-22)12-25-15-5-2-4-14(19)8-15/h2,4-5,8-9,24H,3,6-7,10-12H2,1H3,(H,20,21,23). The number of anilines is 1. The molecule has 0 spiro atoms. The van der Waals surface area contributed by atoms with Gasteiger partial charge in [0.05, 0.1) is 6.54 Å². The van der Waals surface area contributed by atoms with Crippen molar-refractivity contribution in [1.82, 2.24) is 9.88 Å². The van der Waals surface area contributed by atoms with Crippen molar-refractivity contribution in [3.8, 4) is 5.75 Å². The molecule has 1 amide bonds. The van der Waals surface area contributed by atoms with Crippen LogP contribution in [0.4, 0.5) is 5.13 Å². The number of halogens is 1. The summed E-state index contributed by atoms with van der Waals surface area (Å²) in [5.74, 6) is 0.499. The maximum absolute atomic E-state index is 12.2. The summed E-state index contributed by atoms with van der Waals surface area (Å²) < 4.78 is 5.71. The third-order valence-electron chi connectivity index (χ3n) is 4.17. The van der Waals surface area contributed by atoms with Gasteiger partial charge < -0.3 is 15.2 Å². The van der Waals surface area contributed by atoms with Crippen LogP contribution in [-0.4, -0.2) is 52.7 Å². The van der Waals surface area contributed by atoms with E-state index in [4.69, 9.17) is 16.3 Å². The number of ether oxygens (including phenoxy) is 1. The number of amides is 1. The minimum Gasteiger partial charge on any atom is -0.490 e. The van der Waals surface area contributed by atoms with Gasteiger partial charge in [0.2, 0.25) is 5.91 Å². The zero-order valence-corrected chi connectivity index (χ0v) is 16.1. The summed E-state index contributed by atoms with van der Waals surface area (Å²) in [7, 11) is 0. The number of aromatic nitrogens is 1. The van der Waals surface area contributed by atoms with E-state index in [0.29, 0.717) is 28.9 Å². The van der Waals surface area contributed by atoms with Crippen molar-refractivity contribution in [2.75, 3.05) is 31.6 Å². The number of likely N-dealkylation sites (tertiary alicyclic amines) is 1. The molecule has 140 valence electrons. The molecule has 1 saturated heterocycles. The number of β-amino-alcohol motifs (C(OH)–C–C–N with tert-alkyl or cyclic N) is 1. The van der Waals surface area contributed by atoms with Gasteiger partial charge in [-0.05, 0) is 44.5 Å². The summed E-state index contributed by atoms with van der Waals surface area (Å²) in [6.45, 7) is 3.48. The first kappa shape index (κ1) is 19.1. The minimum absolute atomic E-state index is 0.126. The van der Waals surface area contributed by atoms with E-state index in [1.54, 1.807) is 30.5 Å². The molecule has 0 radical (unpaired) electrons. The van der Waals surface area contributed by atoms with E-state index in [9.17, 15) is 9.90 Å². The van der Waals surface area contributed by atoms with Crippen LogP contribution in [0.2, 0.25) is 5.02 Å². The van der Waals surface area contributed by atoms with Gasteiger partial charge in [0.25, 0.3) is 0 Å². The number of piperidine rings is 1. The molecule has 1 aromatic heterocycles. The van der Waals surface area contributed by atoms with Crippen molar-refractivity contribution in [2.45, 2.75) is 25.4 Å². The molecule has 8 heteroatoms. The van der Waals surface area contributed by atoms with Gasteiger partial charge in [-0.3, -0.25) is 9.69 Å². The first-order valence-corrected chi connectivity index (χ1v) is 9.67. The average Bonchev–Trinajstić information content (AvgIpc) is 2.98. The molecular formula is C18H22ClN3O3S. The summed E-state index contributed by atoms with van der Waals surface area (Å²) >= 11 is 7.39. The number of rotatable bonds is 6. The van der Waals surface area contributed by atoms with Crippen LogP contribution in [0.5, 0.6) is 5.75 Å². The van der Waals surface area contributed by atoms with Crippen LogP contribution >= 0.6 is 22.9 Å². The van der Waals surface area contributed by atoms with Crippen LogP contribution in [0, 0.1) is 6.92 Å². The van der Waals surface area contributed by atoms with Gasteiger partial charge in [0.1, 0.15) is 18.0 Å². The Morgan fingerprint density at radius 2 is 2.38 bits per heavy atom. The lowest BCUT2D eigenvalue weighted by Crippen LogP contribution is -2.53. The largest absolute Gasteiger partial charge is 0.490 e. The Balaban J connectivity index is 1.51. The molecule has 2 N–H and O–H groups in total. The van der Waals surface area contributed by atoms with Crippen LogP contribution in [0.25, 0.3) is 0 Å². The van der Waals surface area contributed by atoms with E-state index >= 15 is 0 Å². The molecule has 6 nitrogen and oxygen atoms in total. The van der Waals surface area contributed by atoms with Crippen molar-refractivity contribution >= 4 is 34.0 Å². The van der Waals surface area contributed by atoms with Gasteiger partial charge in [-0.15, -0.1) is 11.3 Å². The van der Waals surface area contributed by atoms with Crippen molar-refractivity contribution < 1.29 is 14.6 Å². The summed E-state index contributed by atoms with van der Waals surface area (Å²) in [6.07, 6.45) is 3.17. The number of hydrogen-bond acceptors (Lipinski definition) is 6. The molecular weight excluding hydrogens is 374 g/mol. The molecule has 3 rings (SSSR count). The normalized spacial score (nSPS) is 20.7. The quantitative estimate of drug-likeness (QED) is 0.786. The number of aryl methyl sites for hydroxylation is 1. The predicted octanol–water partition coefficient (Wildman–Crippen LogP) is 2.95. The number of nitrogens with zero attached hydrogens (tertiary/aromatic N) is 2. The number of nitrogens with one attached hydrogen (secondary N) is 1. The lowest BCUT2D eigenvalue weighted by molar-refractivity contribution is -0.119. The van der Waals surface area contributed by atoms with Crippen molar-refractivity contribution in [3.63, 3.8) is 0 Å². The van der Waals surface area contributed by atoms with Gasteiger partial charge in [0, 0.05) is 22.6 Å². The number of hydrogen-bond donors (Lipinski definition) is 2. The number of aliphatic hydroxyl groups is 1. The average molecular weight is 396 g/mol. The smallest absolute Gasteiger partial charge is 0.240 e. The third kappa shape index (κ3) is 5.41. The molecule has 0 aliphatic carbocycles. The van der Waals surface area contributed by atoms with Crippen molar-refractivity contribution in [2.24, 2.45) is 0 Å². The Kier molecular flexibility index (Phi) is 6.13. The topological polar surface area (TPSA) is 74.7 Å². The highest BCUT2D eigenvalue weighted by Gasteiger charge is 2.34. The molecule has 1 unspecified atom stereocenters. The second-order valence-electron chi connectivity index (χ2n) is 6.61. The van der Waals surface area contributed by atoms with E-state index < -0.39 is 5.60 Å². The maximum Gasteiger partial charge on any atom is 0.240 e. The van der Waals surface area contributed by atoms with E-state index in [0.717, 1.165) is 17.8 Å². The predicted molar refractivity (Wildman–Crippen MR) is 103 cm³/mol. The van der Waals surface area contributed by atoms with E-state index in [1.807, 2.05) is 11.8 Å². The zero-order chi connectivity index (χ0) is 18.6. The molecule has 1 aliphatic heterocycles. The van der Waals surface area contributed by atoms with Gasteiger partial charge >= 0.3 is 0 Å². The Hall–Kier alpha value is -1.67. The molecule has 2 heterocycles. The van der Waals surface area contributed by atoms with Gasteiger partial charge in [-0.2, -0.15) is 0 Å². The highest BCUT2D eigenvalue weighted by atomic mass is 35.5. The minimum atomic E-state index is -0.987. The molecule has 0 saturated carbocycles. The van der Waals surface area contributed by atoms with Crippen LogP contribution in [0.15, 0.2) is 30.5 Å². The molecule has 1 fully saturated rings. The third-order valence-corrected chi connectivity index (χ3v) is 5.24. The van der Waals surface area contributed by atoms with Crippen LogP contribution in [0.3, 0.4) is 0 Å². The summed E-state index contributed by atoms with van der Waals surface area (Å²) in [5, 5.41) is 14.8. The zero-order valence-electron chi connectivity index (χ0n) is 14.6. The summed E-state index contributed by atoms with van der Waals surface area (Å²) in [6, 6.07) is 7.10. The van der Waals surface area contributed by atoms with E-state index in [1.165, 1.54) is 11.3 Å². The lowest BCUT2D eigenvalue weighted by atomic mass is 9.93. The number of carbonyl (C=O) groups excluding carboxylic acids is 1. The van der Waals surface area contributed by atoms with Crippen LogP contribution in [0.1, 0.15) is 17.7 Å². The Labute approximate surface area is 161 Å². The molecule has 2 aromatic rings. The number of thiazole rings is 1. The molecule has 0 bridgehead atoms. The van der Waals surface area contributed by atoms with Crippen molar-refractivity contribution in [1.29, 1.82) is 0 Å². The van der Waals surface area contributed by atoms with Gasteiger partial charge in [0.15, 0.2) is 5.13 Å². The molecule has 26 heavy (non-hydrogen) atoms. The molecule has 1 atom stereocenters. The fourth-order valence-corrected chi connectivity index (χ4v) is 3.87. The second kappa shape index (κ2) is 8.35. The Morgan fingerprint density at radius 3 is 3.12 bits per heavy atom. The summed E-state index contributed by atoms with van der Waals surface area (Å²) in [5.41, 5.74) is -0.987. The fourth-order valence-electron chi connectivity index (χ4n) is 3.01. The highest BCUT2D eigenvalue weighted by molar-refractivity contribution is 7.15. The van der Waals surface area contributed by atoms with E-state index in [2.05, 4.69) is 10.3 Å². The van der Waals surface area contributed by atoms with Gasteiger partial charge in [-0.25, -0.2) is 4.98 Å². The molecule has 1 aliphatic rings. The monoisotopic (exact) mass is 395 g/mol. The number of benzene rings is 1. The maximum atomic E-state index is 12.2. The fraction of sp³-hybridized carbons (Fsp3) is 0.444. The Morgan fingerprint density at radius 1 is 1.54 bits per heavy atom. The first-order chi connectivity index (χ1) is 12.4. The lowest BCUT2D eigenvalue weighted by Gasteiger charge is -2.38. The Bertz CT molecular complexity index is 770. The van der Waals surface area contributed by atoms with Crippen molar-refractivity contribution in [3.05, 3.63) is 40.4 Å². The SMILES string of the molecule is Cc1cnc(NC(=O)CN2CCCC(O)(COc3cccc(Cl)c3)C2)s1. The van der Waals surface area contributed by atoms with Crippen LogP contribution < -0.4 is 10.1 Å². The van der Waals surface area contributed by atoms with Gasteiger partial charge in [-0.1, -0.05) is 17.7 Å². The second-order valence-corrected chi connectivity index (χ2v) is 8.28. The number of carbonyl (C=O) groups is 1. The highest BCUT2D eigenvalue weighted by Crippen LogP contribution is 2.24. The van der Waals surface area contributed by atoms with E-state index in [-0.39, 0.29) is 19.1 Å². The first-order valence-electron chi connectivity index (χ1n) is 8.47.